The Morgan fingerprint density at radius 3 is 2.74 bits per heavy atom. The van der Waals surface area contributed by atoms with E-state index in [2.05, 4.69) is 9.80 Å². The average molecular weight is 260 g/mol. The number of rotatable bonds is 4. The lowest BCUT2D eigenvalue weighted by atomic mass is 9.98. The zero-order valence-electron chi connectivity index (χ0n) is 11.3. The van der Waals surface area contributed by atoms with E-state index in [9.17, 15) is 4.79 Å². The second kappa shape index (κ2) is 5.31. The molecule has 1 aromatic carbocycles. The molecule has 19 heavy (non-hydrogen) atoms. The summed E-state index contributed by atoms with van der Waals surface area (Å²) in [4.78, 5) is 17.2. The van der Waals surface area contributed by atoms with Crippen molar-refractivity contribution in [3.05, 3.63) is 29.8 Å². The second-order valence-electron chi connectivity index (χ2n) is 5.35. The average Bonchev–Trinajstić information content (AvgIpc) is 2.48. The van der Waals surface area contributed by atoms with Crippen LogP contribution in [0.4, 0.5) is 0 Å². The molecule has 1 atom stereocenters. The van der Waals surface area contributed by atoms with E-state index in [1.54, 1.807) is 7.11 Å². The van der Waals surface area contributed by atoms with Crippen molar-refractivity contribution in [3.63, 3.8) is 0 Å². The zero-order valence-corrected chi connectivity index (χ0v) is 11.3. The van der Waals surface area contributed by atoms with Crippen LogP contribution in [0.5, 0.6) is 5.75 Å². The van der Waals surface area contributed by atoms with Crippen LogP contribution in [0.25, 0.3) is 0 Å². The Morgan fingerprint density at radius 2 is 2.11 bits per heavy atom. The topological polar surface area (TPSA) is 32.8 Å². The van der Waals surface area contributed by atoms with Gasteiger partial charge in [0.25, 0.3) is 0 Å². The third-order valence-corrected chi connectivity index (χ3v) is 4.16. The molecule has 0 radical (unpaired) electrons. The van der Waals surface area contributed by atoms with Gasteiger partial charge < -0.3 is 4.74 Å². The quantitative estimate of drug-likeness (QED) is 0.802. The Bertz CT molecular complexity index is 467. The molecule has 3 heterocycles. The first-order valence-electron chi connectivity index (χ1n) is 6.88. The highest BCUT2D eigenvalue weighted by molar-refractivity contribution is 5.86. The van der Waals surface area contributed by atoms with E-state index < -0.39 is 0 Å². The maximum Gasteiger partial charge on any atom is 0.155 e. The number of benzene rings is 1. The number of fused-ring (bicyclic) bond motifs is 3. The molecule has 1 unspecified atom stereocenters. The van der Waals surface area contributed by atoms with Gasteiger partial charge in [0.15, 0.2) is 5.78 Å². The number of piperazine rings is 3. The molecular formula is C15H20N2O2. The van der Waals surface area contributed by atoms with Gasteiger partial charge in [0.1, 0.15) is 5.75 Å². The zero-order chi connectivity index (χ0) is 13.2. The summed E-state index contributed by atoms with van der Waals surface area (Å²) in [6.45, 7) is 5.21. The molecule has 2 bridgehead atoms. The van der Waals surface area contributed by atoms with Crippen LogP contribution in [0.1, 0.15) is 5.56 Å². The number of methoxy groups -OCH3 is 1. The molecule has 0 aliphatic carbocycles. The Balaban J connectivity index is 1.67. The molecule has 3 saturated heterocycles. The lowest BCUT2D eigenvalue weighted by Crippen LogP contribution is -2.63. The predicted molar refractivity (Wildman–Crippen MR) is 73.5 cm³/mol. The summed E-state index contributed by atoms with van der Waals surface area (Å²) >= 11 is 0. The van der Waals surface area contributed by atoms with E-state index in [0.717, 1.165) is 44.0 Å². The molecule has 4 rings (SSSR count). The minimum Gasteiger partial charge on any atom is -0.497 e. The lowest BCUT2D eigenvalue weighted by molar-refractivity contribution is -0.128. The molecule has 1 aromatic rings. The fourth-order valence-electron chi connectivity index (χ4n) is 3.02. The van der Waals surface area contributed by atoms with E-state index in [4.69, 9.17) is 4.74 Å². The van der Waals surface area contributed by atoms with Crippen molar-refractivity contribution in [1.29, 1.82) is 0 Å². The summed E-state index contributed by atoms with van der Waals surface area (Å²) in [7, 11) is 1.65. The summed E-state index contributed by atoms with van der Waals surface area (Å²) in [5.74, 6) is 1.15. The summed E-state index contributed by atoms with van der Waals surface area (Å²) in [5.41, 5.74) is 1.04. The second-order valence-corrected chi connectivity index (χ2v) is 5.35. The van der Waals surface area contributed by atoms with Gasteiger partial charge in [0, 0.05) is 39.1 Å². The van der Waals surface area contributed by atoms with Crippen LogP contribution >= 0.6 is 0 Å². The van der Waals surface area contributed by atoms with Gasteiger partial charge in [-0.3, -0.25) is 14.6 Å². The van der Waals surface area contributed by atoms with E-state index in [0.29, 0.717) is 12.2 Å². The van der Waals surface area contributed by atoms with E-state index in [1.165, 1.54) is 0 Å². The molecule has 0 spiro atoms. The highest BCUT2D eigenvalue weighted by atomic mass is 16.5. The Morgan fingerprint density at radius 1 is 1.32 bits per heavy atom. The van der Waals surface area contributed by atoms with Crippen LogP contribution in [0.15, 0.2) is 24.3 Å². The van der Waals surface area contributed by atoms with Crippen molar-refractivity contribution in [2.45, 2.75) is 12.5 Å². The van der Waals surface area contributed by atoms with Gasteiger partial charge in [-0.1, -0.05) is 12.1 Å². The highest BCUT2D eigenvalue weighted by Gasteiger charge is 2.35. The molecule has 0 N–H and O–H groups in total. The predicted octanol–water partition coefficient (Wildman–Crippen LogP) is 0.807. The smallest absolute Gasteiger partial charge is 0.155 e. The molecule has 102 valence electrons. The number of Topliss-reactive ketones (excluding diaryl/α,β-unsaturated/α-hetero) is 1. The number of carbonyl (C=O) groups is 1. The van der Waals surface area contributed by atoms with Crippen LogP contribution in [0.3, 0.4) is 0 Å². The lowest BCUT2D eigenvalue weighted by Gasteiger charge is -2.46. The molecule has 3 aliphatic rings. The van der Waals surface area contributed by atoms with Crippen molar-refractivity contribution in [3.8, 4) is 5.75 Å². The molecular weight excluding hydrogens is 240 g/mol. The molecule has 4 nitrogen and oxygen atoms in total. The normalized spacial score (nSPS) is 29.2. The maximum atomic E-state index is 12.4. The highest BCUT2D eigenvalue weighted by Crippen LogP contribution is 2.19. The molecule has 0 saturated carbocycles. The first kappa shape index (κ1) is 12.6. The van der Waals surface area contributed by atoms with Gasteiger partial charge in [-0.2, -0.15) is 0 Å². The third-order valence-electron chi connectivity index (χ3n) is 4.16. The first-order valence-corrected chi connectivity index (χ1v) is 6.88. The van der Waals surface area contributed by atoms with E-state index in [-0.39, 0.29) is 6.04 Å². The Labute approximate surface area is 113 Å². The van der Waals surface area contributed by atoms with E-state index >= 15 is 0 Å². The molecule has 3 aliphatic heterocycles. The van der Waals surface area contributed by atoms with E-state index in [1.807, 2.05) is 24.3 Å². The number of ether oxygens (including phenoxy) is 1. The first-order chi connectivity index (χ1) is 9.26. The minimum absolute atomic E-state index is 0.0914. The standard InChI is InChI=1S/C15H20N2O2/c1-19-13-4-2-3-12(9-13)10-15(18)14-11-16-5-7-17(14)8-6-16/h2-4,9,14H,5-8,10-11H2,1H3. The van der Waals surface area contributed by atoms with Crippen molar-refractivity contribution in [1.82, 2.24) is 9.80 Å². The summed E-state index contributed by atoms with van der Waals surface area (Å²) in [6.07, 6.45) is 0.506. The van der Waals surface area contributed by atoms with Gasteiger partial charge >= 0.3 is 0 Å². The van der Waals surface area contributed by atoms with Crippen LogP contribution < -0.4 is 4.74 Å². The number of hydrogen-bond acceptors (Lipinski definition) is 4. The maximum absolute atomic E-state index is 12.4. The Hall–Kier alpha value is -1.39. The van der Waals surface area contributed by atoms with Gasteiger partial charge in [0.05, 0.1) is 13.2 Å². The van der Waals surface area contributed by atoms with Gasteiger partial charge in [-0.25, -0.2) is 0 Å². The van der Waals surface area contributed by atoms with Gasteiger partial charge in [0.2, 0.25) is 0 Å². The van der Waals surface area contributed by atoms with Crippen LogP contribution in [-0.4, -0.2) is 61.5 Å². The number of hydrogen-bond donors (Lipinski definition) is 0. The number of carbonyl (C=O) groups excluding carboxylic acids is 1. The number of nitrogens with zero attached hydrogens (tertiary/aromatic N) is 2. The van der Waals surface area contributed by atoms with Crippen LogP contribution in [-0.2, 0) is 11.2 Å². The third kappa shape index (κ3) is 2.65. The van der Waals surface area contributed by atoms with Crippen molar-refractivity contribution in [2.24, 2.45) is 0 Å². The van der Waals surface area contributed by atoms with Crippen LogP contribution in [0.2, 0.25) is 0 Å². The molecule has 4 heteroatoms. The van der Waals surface area contributed by atoms with Crippen molar-refractivity contribution in [2.75, 3.05) is 39.8 Å². The molecule has 0 aromatic heterocycles. The minimum atomic E-state index is 0.0914. The Kier molecular flexibility index (Phi) is 3.53. The molecule has 0 amide bonds. The fourth-order valence-corrected chi connectivity index (χ4v) is 3.02. The molecule has 3 fully saturated rings. The number of ketones is 1. The van der Waals surface area contributed by atoms with Crippen LogP contribution in [0, 0.1) is 0 Å². The van der Waals surface area contributed by atoms with Crippen molar-refractivity contribution >= 4 is 5.78 Å². The fraction of sp³-hybridized carbons (Fsp3) is 0.533. The summed E-state index contributed by atoms with van der Waals surface area (Å²) in [5, 5.41) is 0. The van der Waals surface area contributed by atoms with Gasteiger partial charge in [-0.15, -0.1) is 0 Å². The monoisotopic (exact) mass is 260 g/mol. The largest absolute Gasteiger partial charge is 0.497 e. The summed E-state index contributed by atoms with van der Waals surface area (Å²) in [6, 6.07) is 7.89. The SMILES string of the molecule is COc1cccc(CC(=O)C2CN3CCN2CC3)c1. The summed E-state index contributed by atoms with van der Waals surface area (Å²) < 4.78 is 5.20. The van der Waals surface area contributed by atoms with Crippen molar-refractivity contribution < 1.29 is 9.53 Å². The van der Waals surface area contributed by atoms with Gasteiger partial charge in [-0.05, 0) is 17.7 Å².